The molecule has 2 saturated heterocycles. The second kappa shape index (κ2) is 7.17. The molecule has 2 aliphatic heterocycles. The van der Waals surface area contributed by atoms with Gasteiger partial charge in [0.2, 0.25) is 0 Å². The third kappa shape index (κ3) is 4.30. The van der Waals surface area contributed by atoms with Crippen LogP contribution >= 0.6 is 0 Å². The minimum Gasteiger partial charge on any atom is -0.399 e. The predicted molar refractivity (Wildman–Crippen MR) is 108 cm³/mol. The van der Waals surface area contributed by atoms with Crippen molar-refractivity contribution in [3.05, 3.63) is 24.3 Å². The lowest BCUT2D eigenvalue weighted by molar-refractivity contribution is -0.151. The SMILES string of the molecule is CC1(C)OB(c2ccc(N3CCN(C[C@@H]4C[C@@H]4C(F)(F)F)CC3)cc2)OC1(C)C. The second-order valence-electron chi connectivity index (χ2n) is 9.61. The van der Waals surface area contributed by atoms with E-state index in [2.05, 4.69) is 21.9 Å². The Morgan fingerprint density at radius 2 is 1.52 bits per heavy atom. The fourth-order valence-electron chi connectivity index (χ4n) is 4.19. The molecule has 3 fully saturated rings. The monoisotopic (exact) mass is 410 g/mol. The van der Waals surface area contributed by atoms with Crippen molar-refractivity contribution >= 4 is 18.3 Å². The lowest BCUT2D eigenvalue weighted by atomic mass is 9.79. The minimum atomic E-state index is -4.02. The first-order valence-electron chi connectivity index (χ1n) is 10.5. The van der Waals surface area contributed by atoms with Gasteiger partial charge in [-0.25, -0.2) is 0 Å². The second-order valence-corrected chi connectivity index (χ2v) is 9.61. The van der Waals surface area contributed by atoms with Crippen LogP contribution in [-0.4, -0.2) is 62.1 Å². The van der Waals surface area contributed by atoms with Gasteiger partial charge in [0, 0.05) is 38.4 Å². The number of piperazine rings is 1. The van der Waals surface area contributed by atoms with Crippen LogP contribution in [0.1, 0.15) is 34.1 Å². The summed E-state index contributed by atoms with van der Waals surface area (Å²) in [4.78, 5) is 4.46. The van der Waals surface area contributed by atoms with E-state index in [1.807, 2.05) is 39.8 Å². The van der Waals surface area contributed by atoms with Crippen molar-refractivity contribution in [2.75, 3.05) is 37.6 Å². The number of anilines is 1. The number of alkyl halides is 3. The molecule has 1 aromatic rings. The Morgan fingerprint density at radius 3 is 2.00 bits per heavy atom. The highest BCUT2D eigenvalue weighted by molar-refractivity contribution is 6.62. The van der Waals surface area contributed by atoms with Crippen molar-refractivity contribution in [1.82, 2.24) is 4.90 Å². The maximum Gasteiger partial charge on any atom is 0.494 e. The summed E-state index contributed by atoms with van der Waals surface area (Å²) in [5, 5.41) is 0. The summed E-state index contributed by atoms with van der Waals surface area (Å²) < 4.78 is 50.3. The van der Waals surface area contributed by atoms with Crippen molar-refractivity contribution in [2.45, 2.75) is 51.5 Å². The standard InChI is InChI=1S/C21H30BF3N2O2/c1-19(2)20(3,4)29-22(28-19)16-5-7-17(8-6-16)27-11-9-26(10-12-27)14-15-13-18(15)21(23,24)25/h5-8,15,18H,9-14H2,1-4H3/t15-,18-/m0/s1. The summed E-state index contributed by atoms with van der Waals surface area (Å²) in [6.07, 6.45) is -3.73. The molecule has 3 aliphatic rings. The van der Waals surface area contributed by atoms with Gasteiger partial charge in [0.15, 0.2) is 0 Å². The Hall–Kier alpha value is -1.25. The first-order chi connectivity index (χ1) is 13.5. The average Bonchev–Trinajstić information content (AvgIpc) is 3.37. The zero-order valence-electron chi connectivity index (χ0n) is 17.6. The number of hydrogen-bond acceptors (Lipinski definition) is 4. The van der Waals surface area contributed by atoms with Crippen LogP contribution in [0.4, 0.5) is 18.9 Å². The van der Waals surface area contributed by atoms with Gasteiger partial charge in [-0.05, 0) is 57.6 Å². The van der Waals surface area contributed by atoms with Gasteiger partial charge in [-0.15, -0.1) is 0 Å². The largest absolute Gasteiger partial charge is 0.494 e. The molecule has 0 N–H and O–H groups in total. The third-order valence-corrected chi connectivity index (χ3v) is 6.99. The van der Waals surface area contributed by atoms with E-state index in [0.717, 1.165) is 37.3 Å². The molecule has 29 heavy (non-hydrogen) atoms. The van der Waals surface area contributed by atoms with Crippen LogP contribution in [0, 0.1) is 11.8 Å². The van der Waals surface area contributed by atoms with E-state index >= 15 is 0 Å². The first kappa shape index (κ1) is 21.0. The first-order valence-corrected chi connectivity index (χ1v) is 10.5. The summed E-state index contributed by atoms with van der Waals surface area (Å²) in [6.45, 7) is 12.0. The average molecular weight is 410 g/mol. The van der Waals surface area contributed by atoms with Gasteiger partial charge < -0.3 is 14.2 Å². The van der Waals surface area contributed by atoms with Crippen LogP contribution in [0.2, 0.25) is 0 Å². The van der Waals surface area contributed by atoms with Crippen LogP contribution in [0.3, 0.4) is 0 Å². The molecule has 1 saturated carbocycles. The van der Waals surface area contributed by atoms with Crippen molar-refractivity contribution in [2.24, 2.45) is 11.8 Å². The molecule has 0 radical (unpaired) electrons. The quantitative estimate of drug-likeness (QED) is 0.712. The molecular weight excluding hydrogens is 380 g/mol. The van der Waals surface area contributed by atoms with Crippen LogP contribution in [-0.2, 0) is 9.31 Å². The predicted octanol–water partition coefficient (Wildman–Crippen LogP) is 3.31. The van der Waals surface area contributed by atoms with Crippen molar-refractivity contribution in [1.29, 1.82) is 0 Å². The number of nitrogens with zero attached hydrogens (tertiary/aromatic N) is 2. The molecule has 0 amide bonds. The Morgan fingerprint density at radius 1 is 0.966 bits per heavy atom. The van der Waals surface area contributed by atoms with Gasteiger partial charge in [-0.2, -0.15) is 13.2 Å². The van der Waals surface area contributed by atoms with Gasteiger partial charge in [0.05, 0.1) is 17.1 Å². The topological polar surface area (TPSA) is 24.9 Å². The molecule has 2 atom stereocenters. The zero-order valence-corrected chi connectivity index (χ0v) is 17.6. The molecule has 1 aliphatic carbocycles. The maximum absolute atomic E-state index is 12.7. The number of benzene rings is 1. The van der Waals surface area contributed by atoms with E-state index in [1.54, 1.807) is 0 Å². The van der Waals surface area contributed by atoms with Crippen molar-refractivity contribution in [3.63, 3.8) is 0 Å². The van der Waals surface area contributed by atoms with E-state index < -0.39 is 12.1 Å². The highest BCUT2D eigenvalue weighted by Crippen LogP contribution is 2.50. The van der Waals surface area contributed by atoms with Gasteiger partial charge >= 0.3 is 13.3 Å². The van der Waals surface area contributed by atoms with E-state index in [-0.39, 0.29) is 24.2 Å². The molecule has 0 aromatic heterocycles. The van der Waals surface area contributed by atoms with Crippen LogP contribution in [0.5, 0.6) is 0 Å². The molecule has 4 nitrogen and oxygen atoms in total. The third-order valence-electron chi connectivity index (χ3n) is 6.99. The van der Waals surface area contributed by atoms with Crippen LogP contribution < -0.4 is 10.4 Å². The van der Waals surface area contributed by atoms with Crippen LogP contribution in [0.15, 0.2) is 24.3 Å². The summed E-state index contributed by atoms with van der Waals surface area (Å²) in [5.74, 6) is -1.29. The van der Waals surface area contributed by atoms with E-state index in [1.165, 1.54) is 0 Å². The van der Waals surface area contributed by atoms with E-state index in [0.29, 0.717) is 13.0 Å². The maximum atomic E-state index is 12.7. The summed E-state index contributed by atoms with van der Waals surface area (Å²) in [6, 6.07) is 8.25. The Kier molecular flexibility index (Phi) is 5.19. The summed E-state index contributed by atoms with van der Waals surface area (Å²) in [7, 11) is -0.369. The normalized spacial score (nSPS) is 29.3. The Bertz CT molecular complexity index is 714. The highest BCUT2D eigenvalue weighted by atomic mass is 19.4. The minimum absolute atomic E-state index is 0.208. The molecule has 8 heteroatoms. The number of halogens is 3. The zero-order chi connectivity index (χ0) is 21.0. The number of rotatable bonds is 4. The fourth-order valence-corrected chi connectivity index (χ4v) is 4.19. The summed E-state index contributed by atoms with van der Waals surface area (Å²) in [5.41, 5.74) is 1.40. The van der Waals surface area contributed by atoms with Gasteiger partial charge in [-0.1, -0.05) is 12.1 Å². The van der Waals surface area contributed by atoms with Crippen molar-refractivity contribution < 1.29 is 22.5 Å². The summed E-state index contributed by atoms with van der Waals surface area (Å²) >= 11 is 0. The fraction of sp³-hybridized carbons (Fsp3) is 0.714. The molecule has 2 heterocycles. The van der Waals surface area contributed by atoms with Crippen LogP contribution in [0.25, 0.3) is 0 Å². The molecule has 1 aromatic carbocycles. The van der Waals surface area contributed by atoms with Gasteiger partial charge in [0.1, 0.15) is 0 Å². The lowest BCUT2D eigenvalue weighted by Gasteiger charge is -2.36. The lowest BCUT2D eigenvalue weighted by Crippen LogP contribution is -2.47. The molecular formula is C21H30BF3N2O2. The Balaban J connectivity index is 1.29. The molecule has 0 unspecified atom stereocenters. The highest BCUT2D eigenvalue weighted by Gasteiger charge is 2.55. The molecule has 0 spiro atoms. The Labute approximate surface area is 171 Å². The van der Waals surface area contributed by atoms with Gasteiger partial charge in [-0.3, -0.25) is 4.90 Å². The molecule has 0 bridgehead atoms. The van der Waals surface area contributed by atoms with E-state index in [4.69, 9.17) is 9.31 Å². The smallest absolute Gasteiger partial charge is 0.399 e. The van der Waals surface area contributed by atoms with E-state index in [9.17, 15) is 13.2 Å². The van der Waals surface area contributed by atoms with Crippen molar-refractivity contribution in [3.8, 4) is 0 Å². The number of hydrogen-bond donors (Lipinski definition) is 0. The van der Waals surface area contributed by atoms with Gasteiger partial charge in [0.25, 0.3) is 0 Å². The molecule has 4 rings (SSSR count). The molecule has 160 valence electrons.